The van der Waals surface area contributed by atoms with Gasteiger partial charge in [-0.05, 0) is 31.5 Å². The van der Waals surface area contributed by atoms with Crippen LogP contribution in [0.1, 0.15) is 35.6 Å². The molecule has 28 heavy (non-hydrogen) atoms. The van der Waals surface area contributed by atoms with Gasteiger partial charge in [0.2, 0.25) is 11.8 Å². The van der Waals surface area contributed by atoms with E-state index in [-0.39, 0.29) is 31.2 Å². The first-order chi connectivity index (χ1) is 13.4. The highest BCUT2D eigenvalue weighted by Gasteiger charge is 2.23. The molecule has 2 aromatic carbocycles. The number of anilines is 1. The zero-order chi connectivity index (χ0) is 20.1. The van der Waals surface area contributed by atoms with Crippen molar-refractivity contribution in [2.75, 3.05) is 23.7 Å². The van der Waals surface area contributed by atoms with Crippen LogP contribution in [-0.4, -0.2) is 35.8 Å². The van der Waals surface area contributed by atoms with Crippen molar-refractivity contribution >= 4 is 29.3 Å². The highest BCUT2D eigenvalue weighted by Crippen LogP contribution is 2.34. The minimum absolute atomic E-state index is 0.0437. The van der Waals surface area contributed by atoms with Gasteiger partial charge in [0.15, 0.2) is 0 Å². The van der Waals surface area contributed by atoms with Crippen LogP contribution in [0.3, 0.4) is 0 Å². The van der Waals surface area contributed by atoms with Crippen LogP contribution >= 0.6 is 11.8 Å². The van der Waals surface area contributed by atoms with E-state index < -0.39 is 6.10 Å². The third kappa shape index (κ3) is 5.14. The molecule has 0 aliphatic carbocycles. The lowest BCUT2D eigenvalue weighted by Gasteiger charge is -2.29. The average Bonchev–Trinajstić information content (AvgIpc) is 2.69. The third-order valence-electron chi connectivity index (χ3n) is 4.72. The van der Waals surface area contributed by atoms with Gasteiger partial charge in [0.1, 0.15) is 0 Å². The summed E-state index contributed by atoms with van der Waals surface area (Å²) >= 11 is 1.74. The monoisotopic (exact) mass is 398 g/mol. The summed E-state index contributed by atoms with van der Waals surface area (Å²) in [5.41, 5.74) is 3.86. The van der Waals surface area contributed by atoms with E-state index in [1.807, 2.05) is 56.3 Å². The number of benzene rings is 2. The Hall–Kier alpha value is -2.31. The molecule has 1 heterocycles. The summed E-state index contributed by atoms with van der Waals surface area (Å²) in [6, 6.07) is 13.7. The predicted molar refractivity (Wildman–Crippen MR) is 113 cm³/mol. The summed E-state index contributed by atoms with van der Waals surface area (Å²) in [6.45, 7) is 4.75. The molecule has 5 nitrogen and oxygen atoms in total. The van der Waals surface area contributed by atoms with Crippen molar-refractivity contribution in [1.29, 1.82) is 0 Å². The number of fused-ring (bicyclic) bond motifs is 1. The molecule has 1 aliphatic heterocycles. The molecule has 0 fully saturated rings. The first-order valence-electron chi connectivity index (χ1n) is 9.49. The van der Waals surface area contributed by atoms with Gasteiger partial charge >= 0.3 is 0 Å². The second-order valence-electron chi connectivity index (χ2n) is 7.10. The molecule has 1 aliphatic rings. The number of rotatable bonds is 6. The number of carbonyl (C=O) groups excluding carboxylic acids is 2. The maximum Gasteiger partial charge on any atom is 0.227 e. The minimum Gasteiger partial charge on any atom is -0.387 e. The summed E-state index contributed by atoms with van der Waals surface area (Å²) < 4.78 is 0. The molecule has 2 N–H and O–H groups in total. The smallest absolute Gasteiger partial charge is 0.227 e. The van der Waals surface area contributed by atoms with E-state index in [9.17, 15) is 14.7 Å². The second-order valence-corrected chi connectivity index (χ2v) is 8.24. The maximum absolute atomic E-state index is 12.6. The van der Waals surface area contributed by atoms with E-state index in [2.05, 4.69) is 5.32 Å². The predicted octanol–water partition coefficient (Wildman–Crippen LogP) is 3.37. The zero-order valence-electron chi connectivity index (χ0n) is 16.3. The first kappa shape index (κ1) is 20.4. The lowest BCUT2D eigenvalue weighted by atomic mass is 10.0. The molecule has 0 saturated carbocycles. The van der Waals surface area contributed by atoms with E-state index in [4.69, 9.17) is 0 Å². The molecule has 0 aromatic heterocycles. The fourth-order valence-corrected chi connectivity index (χ4v) is 4.40. The van der Waals surface area contributed by atoms with E-state index in [1.54, 1.807) is 16.7 Å². The van der Waals surface area contributed by atoms with E-state index in [1.165, 1.54) is 0 Å². The molecule has 0 bridgehead atoms. The van der Waals surface area contributed by atoms with Crippen LogP contribution in [0.5, 0.6) is 0 Å². The van der Waals surface area contributed by atoms with Gasteiger partial charge < -0.3 is 15.3 Å². The van der Waals surface area contributed by atoms with Gasteiger partial charge in [0, 0.05) is 36.6 Å². The SMILES string of the molecule is Cc1cc(C)cc(C(O)CNC(=O)CCC(=O)N2CCSc3ccccc32)c1. The van der Waals surface area contributed by atoms with Crippen LogP contribution in [0.4, 0.5) is 5.69 Å². The molecule has 6 heteroatoms. The van der Waals surface area contributed by atoms with Crippen LogP contribution < -0.4 is 10.2 Å². The van der Waals surface area contributed by atoms with Crippen molar-refractivity contribution in [1.82, 2.24) is 5.32 Å². The third-order valence-corrected chi connectivity index (χ3v) is 5.76. The summed E-state index contributed by atoms with van der Waals surface area (Å²) in [7, 11) is 0. The number of aliphatic hydroxyl groups excluding tert-OH is 1. The van der Waals surface area contributed by atoms with Gasteiger partial charge in [-0.2, -0.15) is 0 Å². The van der Waals surface area contributed by atoms with Crippen molar-refractivity contribution in [2.24, 2.45) is 0 Å². The maximum atomic E-state index is 12.6. The van der Waals surface area contributed by atoms with Crippen LogP contribution in [-0.2, 0) is 9.59 Å². The molecule has 0 saturated heterocycles. The highest BCUT2D eigenvalue weighted by atomic mass is 32.2. The number of aliphatic hydroxyl groups is 1. The Morgan fingerprint density at radius 1 is 1.14 bits per heavy atom. The van der Waals surface area contributed by atoms with Gasteiger partial charge in [0.05, 0.1) is 11.8 Å². The van der Waals surface area contributed by atoms with Crippen molar-refractivity contribution in [3.8, 4) is 0 Å². The lowest BCUT2D eigenvalue weighted by Crippen LogP contribution is -2.36. The Balaban J connectivity index is 1.49. The minimum atomic E-state index is -0.760. The van der Waals surface area contributed by atoms with Crippen molar-refractivity contribution < 1.29 is 14.7 Å². The topological polar surface area (TPSA) is 69.6 Å². The number of nitrogens with zero attached hydrogens (tertiary/aromatic N) is 1. The molecule has 1 unspecified atom stereocenters. The zero-order valence-corrected chi connectivity index (χ0v) is 17.1. The standard InChI is InChI=1S/C22H26N2O3S/c1-15-11-16(2)13-17(12-15)19(25)14-23-21(26)7-8-22(27)24-9-10-28-20-6-4-3-5-18(20)24/h3-6,11-13,19,25H,7-10,14H2,1-2H3,(H,23,26). The molecular weight excluding hydrogens is 372 g/mol. The quantitative estimate of drug-likeness (QED) is 0.783. The number of nitrogens with one attached hydrogen (secondary N) is 1. The fourth-order valence-electron chi connectivity index (χ4n) is 3.40. The molecule has 0 radical (unpaired) electrons. The molecule has 3 rings (SSSR count). The second kappa shape index (κ2) is 9.26. The van der Waals surface area contributed by atoms with Crippen molar-refractivity contribution in [3.05, 3.63) is 59.2 Å². The Bertz CT molecular complexity index is 848. The summed E-state index contributed by atoms with van der Waals surface area (Å²) in [5.74, 6) is 0.589. The number of aryl methyl sites for hydroxylation is 2. The van der Waals surface area contributed by atoms with Gasteiger partial charge in [-0.3, -0.25) is 9.59 Å². The summed E-state index contributed by atoms with van der Waals surface area (Å²) in [5, 5.41) is 13.1. The van der Waals surface area contributed by atoms with E-state index in [0.29, 0.717) is 6.54 Å². The van der Waals surface area contributed by atoms with Crippen LogP contribution in [0.15, 0.2) is 47.4 Å². The summed E-state index contributed by atoms with van der Waals surface area (Å²) in [6.07, 6.45) is -0.487. The number of amides is 2. The first-order valence-corrected chi connectivity index (χ1v) is 10.5. The highest BCUT2D eigenvalue weighted by molar-refractivity contribution is 7.99. The lowest BCUT2D eigenvalue weighted by molar-refractivity contribution is -0.125. The summed E-state index contributed by atoms with van der Waals surface area (Å²) in [4.78, 5) is 27.6. The Morgan fingerprint density at radius 3 is 2.61 bits per heavy atom. The molecule has 2 aromatic rings. The normalized spacial score (nSPS) is 14.3. The van der Waals surface area contributed by atoms with Gasteiger partial charge in [-0.25, -0.2) is 0 Å². The molecule has 2 amide bonds. The Kier molecular flexibility index (Phi) is 6.75. The van der Waals surface area contributed by atoms with Crippen LogP contribution in [0.25, 0.3) is 0 Å². The fraction of sp³-hybridized carbons (Fsp3) is 0.364. The van der Waals surface area contributed by atoms with Crippen LogP contribution in [0, 0.1) is 13.8 Å². The molecule has 148 valence electrons. The van der Waals surface area contributed by atoms with Crippen molar-refractivity contribution in [2.45, 2.75) is 37.7 Å². The number of carbonyl (C=O) groups is 2. The number of hydrogen-bond acceptors (Lipinski definition) is 4. The number of para-hydroxylation sites is 1. The number of hydrogen-bond donors (Lipinski definition) is 2. The van der Waals surface area contributed by atoms with Crippen LogP contribution in [0.2, 0.25) is 0 Å². The Labute approximate surface area is 170 Å². The van der Waals surface area contributed by atoms with E-state index >= 15 is 0 Å². The molecular formula is C22H26N2O3S. The average molecular weight is 399 g/mol. The largest absolute Gasteiger partial charge is 0.387 e. The van der Waals surface area contributed by atoms with Gasteiger partial charge in [0.25, 0.3) is 0 Å². The van der Waals surface area contributed by atoms with Gasteiger partial charge in [-0.15, -0.1) is 11.8 Å². The molecule has 0 spiro atoms. The Morgan fingerprint density at radius 2 is 1.86 bits per heavy atom. The van der Waals surface area contributed by atoms with Gasteiger partial charge in [-0.1, -0.05) is 41.5 Å². The molecule has 1 atom stereocenters. The van der Waals surface area contributed by atoms with E-state index in [0.717, 1.165) is 33.0 Å². The number of thioether (sulfide) groups is 1. The van der Waals surface area contributed by atoms with Crippen molar-refractivity contribution in [3.63, 3.8) is 0 Å².